The van der Waals surface area contributed by atoms with Crippen LogP contribution in [0.5, 0.6) is 0 Å². The van der Waals surface area contributed by atoms with E-state index in [9.17, 15) is 18.4 Å². The first-order chi connectivity index (χ1) is 9.82. The van der Waals surface area contributed by atoms with Gasteiger partial charge >= 0.3 is 5.97 Å². The van der Waals surface area contributed by atoms with Crippen molar-refractivity contribution in [2.45, 2.75) is 39.2 Å². The molecule has 1 rings (SSSR count). The molecule has 1 N–H and O–H groups in total. The molecule has 1 aromatic carbocycles. The van der Waals surface area contributed by atoms with Crippen molar-refractivity contribution in [3.05, 3.63) is 35.4 Å². The molecule has 6 heteroatoms. The van der Waals surface area contributed by atoms with Crippen LogP contribution in [-0.2, 0) is 16.0 Å². The Bertz CT molecular complexity index is 497. The van der Waals surface area contributed by atoms with Crippen molar-refractivity contribution in [3.8, 4) is 0 Å². The summed E-state index contributed by atoms with van der Waals surface area (Å²) in [5.74, 6) is -2.86. The summed E-state index contributed by atoms with van der Waals surface area (Å²) < 4.78 is 27.1. The number of hydrogen-bond donors (Lipinski definition) is 1. The zero-order valence-corrected chi connectivity index (χ0v) is 12.1. The number of rotatable bonds is 7. The van der Waals surface area contributed by atoms with Gasteiger partial charge < -0.3 is 10.0 Å². The summed E-state index contributed by atoms with van der Waals surface area (Å²) in [4.78, 5) is 24.1. The van der Waals surface area contributed by atoms with Crippen molar-refractivity contribution in [2.75, 3.05) is 6.54 Å². The van der Waals surface area contributed by atoms with Crippen LogP contribution in [0.25, 0.3) is 0 Å². The maximum absolute atomic E-state index is 13.5. The molecule has 21 heavy (non-hydrogen) atoms. The second-order valence-corrected chi connectivity index (χ2v) is 5.06. The van der Waals surface area contributed by atoms with E-state index in [-0.39, 0.29) is 31.0 Å². The van der Waals surface area contributed by atoms with Gasteiger partial charge in [-0.25, -0.2) is 8.78 Å². The molecule has 0 aromatic heterocycles. The lowest BCUT2D eigenvalue weighted by Gasteiger charge is -2.27. The van der Waals surface area contributed by atoms with Gasteiger partial charge in [-0.2, -0.15) is 0 Å². The molecule has 0 bridgehead atoms. The summed E-state index contributed by atoms with van der Waals surface area (Å²) in [5, 5.41) is 8.61. The molecule has 1 aromatic rings. The van der Waals surface area contributed by atoms with Crippen LogP contribution in [0.2, 0.25) is 0 Å². The molecular formula is C15H19F2NO3. The van der Waals surface area contributed by atoms with Gasteiger partial charge in [0.05, 0.1) is 6.42 Å². The van der Waals surface area contributed by atoms with E-state index in [1.54, 1.807) is 13.8 Å². The molecule has 0 heterocycles. The van der Waals surface area contributed by atoms with Crippen LogP contribution >= 0.6 is 0 Å². The molecule has 0 spiro atoms. The second-order valence-electron chi connectivity index (χ2n) is 5.06. The highest BCUT2D eigenvalue weighted by atomic mass is 19.1. The van der Waals surface area contributed by atoms with Crippen LogP contribution in [-0.4, -0.2) is 34.5 Å². The normalized spacial score (nSPS) is 10.7. The van der Waals surface area contributed by atoms with Crippen molar-refractivity contribution in [1.29, 1.82) is 0 Å². The molecule has 1 amide bonds. The Morgan fingerprint density at radius 1 is 1.24 bits per heavy atom. The van der Waals surface area contributed by atoms with E-state index in [1.807, 2.05) is 0 Å². The van der Waals surface area contributed by atoms with E-state index in [2.05, 4.69) is 0 Å². The van der Waals surface area contributed by atoms with Gasteiger partial charge in [-0.05, 0) is 32.4 Å². The Morgan fingerprint density at radius 2 is 1.81 bits per heavy atom. The molecular weight excluding hydrogens is 280 g/mol. The standard InChI is InChI=1S/C15H19F2NO3/c1-10(2)18(8-4-7-15(20)21)14(19)9-11-12(16)5-3-6-13(11)17/h3,5-6,10H,4,7-9H2,1-2H3,(H,20,21). The third kappa shape index (κ3) is 5.13. The number of hydrogen-bond acceptors (Lipinski definition) is 2. The van der Waals surface area contributed by atoms with Gasteiger partial charge in [0.15, 0.2) is 0 Å². The smallest absolute Gasteiger partial charge is 0.303 e. The fourth-order valence-corrected chi connectivity index (χ4v) is 2.03. The topological polar surface area (TPSA) is 57.6 Å². The van der Waals surface area contributed by atoms with Gasteiger partial charge in [0.1, 0.15) is 11.6 Å². The van der Waals surface area contributed by atoms with Crippen LogP contribution in [0.15, 0.2) is 18.2 Å². The van der Waals surface area contributed by atoms with Gasteiger partial charge in [-0.15, -0.1) is 0 Å². The van der Waals surface area contributed by atoms with E-state index in [1.165, 1.54) is 11.0 Å². The lowest BCUT2D eigenvalue weighted by molar-refractivity contribution is -0.138. The average Bonchev–Trinajstić information content (AvgIpc) is 2.38. The van der Waals surface area contributed by atoms with E-state index < -0.39 is 23.5 Å². The summed E-state index contributed by atoms with van der Waals surface area (Å²) in [6, 6.07) is 3.29. The Hall–Kier alpha value is -1.98. The van der Waals surface area contributed by atoms with Gasteiger partial charge in [-0.1, -0.05) is 6.07 Å². The lowest BCUT2D eigenvalue weighted by Crippen LogP contribution is -2.39. The molecule has 0 aliphatic rings. The van der Waals surface area contributed by atoms with E-state index in [4.69, 9.17) is 5.11 Å². The molecule has 0 saturated carbocycles. The maximum atomic E-state index is 13.5. The quantitative estimate of drug-likeness (QED) is 0.842. The van der Waals surface area contributed by atoms with E-state index in [0.717, 1.165) is 12.1 Å². The zero-order valence-electron chi connectivity index (χ0n) is 12.1. The Balaban J connectivity index is 2.75. The highest BCUT2D eigenvalue weighted by Crippen LogP contribution is 2.15. The Labute approximate surface area is 122 Å². The largest absolute Gasteiger partial charge is 0.481 e. The van der Waals surface area contributed by atoms with Crippen LogP contribution in [0.3, 0.4) is 0 Å². The number of carbonyl (C=O) groups excluding carboxylic acids is 1. The van der Waals surface area contributed by atoms with Gasteiger partial charge in [0.25, 0.3) is 0 Å². The monoisotopic (exact) mass is 299 g/mol. The van der Waals surface area contributed by atoms with Crippen molar-refractivity contribution in [2.24, 2.45) is 0 Å². The number of carboxylic acid groups (broad SMARTS) is 1. The fourth-order valence-electron chi connectivity index (χ4n) is 2.03. The van der Waals surface area contributed by atoms with Crippen molar-refractivity contribution < 1.29 is 23.5 Å². The number of halogens is 2. The molecule has 0 atom stereocenters. The first-order valence-corrected chi connectivity index (χ1v) is 6.77. The number of aliphatic carboxylic acids is 1. The first kappa shape index (κ1) is 17.1. The molecule has 0 fully saturated rings. The minimum atomic E-state index is -0.939. The van der Waals surface area contributed by atoms with Crippen LogP contribution in [0.1, 0.15) is 32.3 Å². The molecule has 0 aliphatic carbocycles. The number of carboxylic acids is 1. The van der Waals surface area contributed by atoms with Crippen molar-refractivity contribution in [3.63, 3.8) is 0 Å². The third-order valence-corrected chi connectivity index (χ3v) is 3.12. The van der Waals surface area contributed by atoms with Crippen molar-refractivity contribution >= 4 is 11.9 Å². The first-order valence-electron chi connectivity index (χ1n) is 6.77. The number of amides is 1. The molecule has 0 saturated heterocycles. The maximum Gasteiger partial charge on any atom is 0.303 e. The molecule has 0 unspecified atom stereocenters. The third-order valence-electron chi connectivity index (χ3n) is 3.12. The van der Waals surface area contributed by atoms with Gasteiger partial charge in [0, 0.05) is 24.6 Å². The summed E-state index contributed by atoms with van der Waals surface area (Å²) in [5.41, 5.74) is -0.258. The summed E-state index contributed by atoms with van der Waals surface area (Å²) in [6.45, 7) is 3.80. The average molecular weight is 299 g/mol. The molecule has 4 nitrogen and oxygen atoms in total. The minimum Gasteiger partial charge on any atom is -0.481 e. The fraction of sp³-hybridized carbons (Fsp3) is 0.467. The number of nitrogens with zero attached hydrogens (tertiary/aromatic N) is 1. The summed E-state index contributed by atoms with van der Waals surface area (Å²) in [7, 11) is 0. The Morgan fingerprint density at radius 3 is 2.29 bits per heavy atom. The van der Waals surface area contributed by atoms with Crippen LogP contribution in [0.4, 0.5) is 8.78 Å². The second kappa shape index (κ2) is 7.71. The van der Waals surface area contributed by atoms with Gasteiger partial charge in [0.2, 0.25) is 5.91 Å². The molecule has 0 aliphatic heterocycles. The lowest BCUT2D eigenvalue weighted by atomic mass is 10.1. The Kier molecular flexibility index (Phi) is 6.27. The minimum absolute atomic E-state index is 0.0510. The van der Waals surface area contributed by atoms with Gasteiger partial charge in [-0.3, -0.25) is 9.59 Å². The summed E-state index contributed by atoms with van der Waals surface area (Å²) >= 11 is 0. The predicted octanol–water partition coefficient (Wildman–Crippen LogP) is 2.61. The van der Waals surface area contributed by atoms with Crippen molar-refractivity contribution in [1.82, 2.24) is 4.90 Å². The molecule has 0 radical (unpaired) electrons. The highest BCUT2D eigenvalue weighted by molar-refractivity contribution is 5.79. The SMILES string of the molecule is CC(C)N(CCCC(=O)O)C(=O)Cc1c(F)cccc1F. The highest BCUT2D eigenvalue weighted by Gasteiger charge is 2.20. The van der Waals surface area contributed by atoms with Crippen LogP contribution < -0.4 is 0 Å². The predicted molar refractivity (Wildman–Crippen MR) is 73.8 cm³/mol. The summed E-state index contributed by atoms with van der Waals surface area (Å²) in [6.07, 6.45) is -0.118. The van der Waals surface area contributed by atoms with E-state index >= 15 is 0 Å². The van der Waals surface area contributed by atoms with E-state index in [0.29, 0.717) is 6.42 Å². The number of benzene rings is 1. The number of carbonyl (C=O) groups is 2. The van der Waals surface area contributed by atoms with Crippen LogP contribution in [0, 0.1) is 11.6 Å². The zero-order chi connectivity index (χ0) is 16.0. The molecule has 116 valence electrons.